The van der Waals surface area contributed by atoms with E-state index in [2.05, 4.69) is 29.8 Å². The van der Waals surface area contributed by atoms with Gasteiger partial charge >= 0.3 is 5.97 Å². The average Bonchev–Trinajstić information content (AvgIpc) is 2.66. The molecule has 0 N–H and O–H groups in total. The minimum absolute atomic E-state index is 0.119. The number of rotatable bonds is 20. The maximum Gasteiger partial charge on any atom is 0.330 e. The lowest BCUT2D eigenvalue weighted by Gasteiger charge is -2.08. The molecule has 2 nitrogen and oxygen atoms in total. The smallest absolute Gasteiger partial charge is 0.330 e. The standard InChI is InChI=1S/C24H45BrO2/c1-3-5-7-8-11-15-19-23(18-14-6-4-2)22-24(26)27-21-17-13-10-9-12-16-20-25/h22H,3-21H2,1-2H3/b23-22+. The van der Waals surface area contributed by atoms with Crippen molar-refractivity contribution in [3.63, 3.8) is 0 Å². The molecule has 0 spiro atoms. The quantitative estimate of drug-likeness (QED) is 0.0812. The van der Waals surface area contributed by atoms with Crippen molar-refractivity contribution in [1.82, 2.24) is 0 Å². The Morgan fingerprint density at radius 2 is 1.19 bits per heavy atom. The fraction of sp³-hybridized carbons (Fsp3) is 0.875. The highest BCUT2D eigenvalue weighted by molar-refractivity contribution is 9.09. The van der Waals surface area contributed by atoms with Gasteiger partial charge in [-0.25, -0.2) is 4.79 Å². The van der Waals surface area contributed by atoms with E-state index < -0.39 is 0 Å². The van der Waals surface area contributed by atoms with Crippen LogP contribution in [0.3, 0.4) is 0 Å². The third-order valence-electron chi connectivity index (χ3n) is 5.05. The molecule has 0 amide bonds. The van der Waals surface area contributed by atoms with Crippen molar-refractivity contribution in [1.29, 1.82) is 0 Å². The van der Waals surface area contributed by atoms with E-state index in [0.717, 1.165) is 24.6 Å². The fourth-order valence-electron chi connectivity index (χ4n) is 3.29. The molecule has 0 fully saturated rings. The largest absolute Gasteiger partial charge is 0.463 e. The summed E-state index contributed by atoms with van der Waals surface area (Å²) in [6.07, 6.45) is 22.7. The zero-order valence-corrected chi connectivity index (χ0v) is 19.8. The molecule has 0 heterocycles. The first-order valence-corrected chi connectivity index (χ1v) is 12.8. The molecule has 0 saturated heterocycles. The molecule has 0 aromatic rings. The number of hydrogen-bond donors (Lipinski definition) is 0. The van der Waals surface area contributed by atoms with Gasteiger partial charge in [-0.2, -0.15) is 0 Å². The molecule has 0 aliphatic heterocycles. The Morgan fingerprint density at radius 1 is 0.704 bits per heavy atom. The summed E-state index contributed by atoms with van der Waals surface area (Å²) >= 11 is 3.47. The van der Waals surface area contributed by atoms with Gasteiger partial charge in [0.15, 0.2) is 0 Å². The number of hydrogen-bond acceptors (Lipinski definition) is 2. The second-order valence-electron chi connectivity index (χ2n) is 7.76. The number of unbranched alkanes of at least 4 members (excludes halogenated alkanes) is 12. The van der Waals surface area contributed by atoms with Gasteiger partial charge < -0.3 is 4.74 Å². The normalized spacial score (nSPS) is 11.7. The fourth-order valence-corrected chi connectivity index (χ4v) is 3.69. The van der Waals surface area contributed by atoms with Crippen LogP contribution >= 0.6 is 15.9 Å². The van der Waals surface area contributed by atoms with E-state index in [1.54, 1.807) is 6.08 Å². The van der Waals surface area contributed by atoms with Crippen molar-refractivity contribution in [2.24, 2.45) is 0 Å². The first kappa shape index (κ1) is 26.7. The molecular weight excluding hydrogens is 400 g/mol. The molecule has 0 atom stereocenters. The van der Waals surface area contributed by atoms with Crippen LogP contribution in [-0.2, 0) is 9.53 Å². The summed E-state index contributed by atoms with van der Waals surface area (Å²) in [4.78, 5) is 12.1. The Kier molecular flexibility index (Phi) is 21.7. The van der Waals surface area contributed by atoms with Crippen LogP contribution < -0.4 is 0 Å². The number of allylic oxidation sites excluding steroid dienone is 1. The monoisotopic (exact) mass is 444 g/mol. The van der Waals surface area contributed by atoms with E-state index in [0.29, 0.717) is 6.61 Å². The van der Waals surface area contributed by atoms with Crippen molar-refractivity contribution < 1.29 is 9.53 Å². The molecule has 0 aliphatic rings. The summed E-state index contributed by atoms with van der Waals surface area (Å²) < 4.78 is 5.44. The molecule has 3 heteroatoms. The Hall–Kier alpha value is -0.310. The zero-order chi connectivity index (χ0) is 20.0. The molecular formula is C24H45BrO2. The molecule has 0 rings (SSSR count). The number of carbonyl (C=O) groups excluding carboxylic acids is 1. The van der Waals surface area contributed by atoms with E-state index in [-0.39, 0.29) is 5.97 Å². The minimum atomic E-state index is -0.119. The summed E-state index contributed by atoms with van der Waals surface area (Å²) in [5, 5.41) is 1.11. The van der Waals surface area contributed by atoms with Gasteiger partial charge in [0.05, 0.1) is 6.61 Å². The summed E-state index contributed by atoms with van der Waals surface area (Å²) in [5.74, 6) is -0.119. The highest BCUT2D eigenvalue weighted by Crippen LogP contribution is 2.18. The van der Waals surface area contributed by atoms with Crippen LogP contribution in [0.25, 0.3) is 0 Å². The molecule has 0 aliphatic carbocycles. The highest BCUT2D eigenvalue weighted by atomic mass is 79.9. The van der Waals surface area contributed by atoms with Crippen molar-refractivity contribution in [2.75, 3.05) is 11.9 Å². The summed E-state index contributed by atoms with van der Waals surface area (Å²) in [6.45, 7) is 5.06. The molecule has 0 aromatic heterocycles. The van der Waals surface area contributed by atoms with Gasteiger partial charge in [0, 0.05) is 11.4 Å². The van der Waals surface area contributed by atoms with Gasteiger partial charge in [0.1, 0.15) is 0 Å². The van der Waals surface area contributed by atoms with E-state index in [1.807, 2.05) is 0 Å². The minimum Gasteiger partial charge on any atom is -0.463 e. The van der Waals surface area contributed by atoms with E-state index in [1.165, 1.54) is 95.5 Å². The molecule has 27 heavy (non-hydrogen) atoms. The second-order valence-corrected chi connectivity index (χ2v) is 8.55. The highest BCUT2D eigenvalue weighted by Gasteiger charge is 2.04. The van der Waals surface area contributed by atoms with Crippen LogP contribution in [0, 0.1) is 0 Å². The predicted molar refractivity (Wildman–Crippen MR) is 123 cm³/mol. The van der Waals surface area contributed by atoms with Crippen molar-refractivity contribution >= 4 is 21.9 Å². The molecule has 160 valence electrons. The molecule has 0 aromatic carbocycles. The van der Waals surface area contributed by atoms with E-state index >= 15 is 0 Å². The molecule has 0 unspecified atom stereocenters. The van der Waals surface area contributed by atoms with Gasteiger partial charge in [0.2, 0.25) is 0 Å². The Labute approximate surface area is 178 Å². The summed E-state index contributed by atoms with van der Waals surface area (Å²) in [6, 6.07) is 0. The third kappa shape index (κ3) is 20.2. The molecule has 0 radical (unpaired) electrons. The van der Waals surface area contributed by atoms with Crippen molar-refractivity contribution in [3.05, 3.63) is 11.6 Å². The number of alkyl halides is 1. The number of esters is 1. The first-order chi connectivity index (χ1) is 13.2. The Balaban J connectivity index is 3.99. The number of halogens is 1. The maximum absolute atomic E-state index is 12.1. The van der Waals surface area contributed by atoms with Crippen LogP contribution in [0.4, 0.5) is 0 Å². The lowest BCUT2D eigenvalue weighted by atomic mass is 10.00. The second kappa shape index (κ2) is 22.0. The topological polar surface area (TPSA) is 26.3 Å². The van der Waals surface area contributed by atoms with Crippen LogP contribution in [0.1, 0.15) is 123 Å². The van der Waals surface area contributed by atoms with Crippen molar-refractivity contribution in [3.8, 4) is 0 Å². The van der Waals surface area contributed by atoms with Gasteiger partial charge in [0.25, 0.3) is 0 Å². The molecule has 0 saturated carbocycles. The van der Waals surface area contributed by atoms with Gasteiger partial charge in [-0.05, 0) is 38.5 Å². The SMILES string of the molecule is CCCCCCCC/C(=C/C(=O)OCCCCCCCCBr)CCCCC. The van der Waals surface area contributed by atoms with Crippen molar-refractivity contribution in [2.45, 2.75) is 123 Å². The summed E-state index contributed by atoms with van der Waals surface area (Å²) in [5.41, 5.74) is 1.30. The van der Waals surface area contributed by atoms with Gasteiger partial charge in [-0.3, -0.25) is 0 Å². The summed E-state index contributed by atoms with van der Waals surface area (Å²) in [7, 11) is 0. The third-order valence-corrected chi connectivity index (χ3v) is 5.61. The van der Waals surface area contributed by atoms with E-state index in [9.17, 15) is 4.79 Å². The predicted octanol–water partition coefficient (Wildman–Crippen LogP) is 8.52. The van der Waals surface area contributed by atoms with Crippen LogP contribution in [0.15, 0.2) is 11.6 Å². The maximum atomic E-state index is 12.1. The lowest BCUT2D eigenvalue weighted by molar-refractivity contribution is -0.137. The Bertz CT molecular complexity index is 352. The average molecular weight is 446 g/mol. The van der Waals surface area contributed by atoms with Crippen LogP contribution in [-0.4, -0.2) is 17.9 Å². The van der Waals surface area contributed by atoms with Crippen LogP contribution in [0.2, 0.25) is 0 Å². The lowest BCUT2D eigenvalue weighted by Crippen LogP contribution is -2.04. The number of ether oxygens (including phenoxy) is 1. The molecule has 0 bridgehead atoms. The zero-order valence-electron chi connectivity index (χ0n) is 18.2. The Morgan fingerprint density at radius 3 is 1.81 bits per heavy atom. The van der Waals surface area contributed by atoms with Gasteiger partial charge in [-0.15, -0.1) is 0 Å². The van der Waals surface area contributed by atoms with E-state index in [4.69, 9.17) is 4.74 Å². The number of carbonyl (C=O) groups is 1. The van der Waals surface area contributed by atoms with Crippen LogP contribution in [0.5, 0.6) is 0 Å². The first-order valence-electron chi connectivity index (χ1n) is 11.7. The van der Waals surface area contributed by atoms with Gasteiger partial charge in [-0.1, -0.05) is 106 Å².